The molecule has 6 heteroatoms. The average Bonchev–Trinajstić information content (AvgIpc) is 2.74. The normalized spacial score (nSPS) is 24.9. The van der Waals surface area contributed by atoms with Crippen molar-refractivity contribution in [1.82, 2.24) is 9.13 Å². The number of nitrogens with one attached hydrogen (secondary N) is 1. The van der Waals surface area contributed by atoms with Gasteiger partial charge >= 0.3 is 5.69 Å². The molecule has 0 aliphatic carbocycles. The maximum Gasteiger partial charge on any atom is 0.331 e. The lowest BCUT2D eigenvalue weighted by Crippen LogP contribution is -2.38. The van der Waals surface area contributed by atoms with Gasteiger partial charge in [0, 0.05) is 13.2 Å². The minimum atomic E-state index is -0.323. The molecule has 1 aromatic heterocycles. The van der Waals surface area contributed by atoms with Gasteiger partial charge in [0.1, 0.15) is 11.7 Å². The van der Waals surface area contributed by atoms with Gasteiger partial charge in [-0.3, -0.25) is 14.5 Å². The van der Waals surface area contributed by atoms with Crippen LogP contribution in [0.25, 0.3) is 0 Å². The molecular formula is C10H15N3O3. The molecule has 88 valence electrons. The van der Waals surface area contributed by atoms with Crippen LogP contribution < -0.4 is 11.2 Å². The van der Waals surface area contributed by atoms with E-state index in [1.807, 2.05) is 0 Å². The predicted molar refractivity (Wildman–Crippen MR) is 55.8 cm³/mol. The van der Waals surface area contributed by atoms with Gasteiger partial charge in [-0.15, -0.1) is 0 Å². The van der Waals surface area contributed by atoms with E-state index in [2.05, 4.69) is 0 Å². The fourth-order valence-electron chi connectivity index (χ4n) is 1.85. The van der Waals surface area contributed by atoms with Crippen LogP contribution in [-0.2, 0) is 11.8 Å². The molecule has 0 saturated carbocycles. The molecule has 1 aliphatic heterocycles. The van der Waals surface area contributed by atoms with E-state index in [-0.39, 0.29) is 30.1 Å². The van der Waals surface area contributed by atoms with Crippen LogP contribution in [0.4, 0.5) is 0 Å². The summed E-state index contributed by atoms with van der Waals surface area (Å²) in [5.74, 6) is 0. The summed E-state index contributed by atoms with van der Waals surface area (Å²) in [6.45, 7) is -0.0199. The first-order chi connectivity index (χ1) is 7.63. The van der Waals surface area contributed by atoms with Crippen LogP contribution in [0.5, 0.6) is 0 Å². The monoisotopic (exact) mass is 225 g/mol. The molecule has 16 heavy (non-hydrogen) atoms. The van der Waals surface area contributed by atoms with Crippen LogP contribution in [-0.4, -0.2) is 27.0 Å². The molecule has 0 spiro atoms. The van der Waals surface area contributed by atoms with Crippen LogP contribution in [0, 0.1) is 5.41 Å². The Morgan fingerprint density at radius 3 is 3.00 bits per heavy atom. The van der Waals surface area contributed by atoms with Crippen LogP contribution >= 0.6 is 0 Å². The standard InChI is InChI=1S/C10H15N3O3/c1-12-8(11)4-5-13(10(12)15)9-3-2-7(6-14)16-9/h4-5,7,9,11,14H,2-3,6H2,1H3/t7?,9-/m1/s1. The summed E-state index contributed by atoms with van der Waals surface area (Å²) in [6.07, 6.45) is 2.52. The molecule has 0 bridgehead atoms. The molecular weight excluding hydrogens is 210 g/mol. The molecule has 0 radical (unpaired) electrons. The van der Waals surface area contributed by atoms with Crippen LogP contribution in [0.2, 0.25) is 0 Å². The van der Waals surface area contributed by atoms with E-state index < -0.39 is 0 Å². The minimum absolute atomic E-state index is 0.0199. The number of nitrogens with zero attached hydrogens (tertiary/aromatic N) is 2. The van der Waals surface area contributed by atoms with Gasteiger partial charge in [0.05, 0.1) is 12.7 Å². The second-order valence-corrected chi connectivity index (χ2v) is 3.92. The molecule has 1 unspecified atom stereocenters. The summed E-state index contributed by atoms with van der Waals surface area (Å²) < 4.78 is 8.24. The third kappa shape index (κ3) is 1.81. The Morgan fingerprint density at radius 1 is 1.62 bits per heavy atom. The van der Waals surface area contributed by atoms with Crippen molar-refractivity contribution in [2.24, 2.45) is 7.05 Å². The van der Waals surface area contributed by atoms with E-state index in [0.717, 1.165) is 6.42 Å². The number of aliphatic hydroxyl groups excluding tert-OH is 1. The zero-order chi connectivity index (χ0) is 11.7. The van der Waals surface area contributed by atoms with Gasteiger partial charge in [-0.05, 0) is 18.9 Å². The zero-order valence-corrected chi connectivity index (χ0v) is 9.09. The lowest BCUT2D eigenvalue weighted by Gasteiger charge is -2.15. The Morgan fingerprint density at radius 2 is 2.38 bits per heavy atom. The first kappa shape index (κ1) is 11.1. The SMILES string of the molecule is Cn1c(=N)ccn([C@H]2CCC(CO)O2)c1=O. The van der Waals surface area contributed by atoms with E-state index in [1.54, 1.807) is 19.3 Å². The summed E-state index contributed by atoms with van der Waals surface area (Å²) in [5.41, 5.74) is -0.103. The average molecular weight is 225 g/mol. The summed E-state index contributed by atoms with van der Waals surface area (Å²) in [4.78, 5) is 11.8. The first-order valence-corrected chi connectivity index (χ1v) is 5.22. The Bertz CT molecular complexity index is 491. The highest BCUT2D eigenvalue weighted by Crippen LogP contribution is 2.26. The van der Waals surface area contributed by atoms with Crippen LogP contribution in [0.3, 0.4) is 0 Å². The summed E-state index contributed by atoms with van der Waals surface area (Å²) in [7, 11) is 1.56. The number of hydrogen-bond acceptors (Lipinski definition) is 4. The molecule has 6 nitrogen and oxygen atoms in total. The van der Waals surface area contributed by atoms with Gasteiger partial charge in [-0.25, -0.2) is 4.79 Å². The van der Waals surface area contributed by atoms with Gasteiger partial charge in [-0.2, -0.15) is 0 Å². The molecule has 0 amide bonds. The molecule has 2 heterocycles. The second kappa shape index (κ2) is 4.23. The lowest BCUT2D eigenvalue weighted by atomic mass is 10.2. The van der Waals surface area contributed by atoms with E-state index in [0.29, 0.717) is 6.42 Å². The van der Waals surface area contributed by atoms with E-state index in [1.165, 1.54) is 9.13 Å². The van der Waals surface area contributed by atoms with Gasteiger partial charge < -0.3 is 9.84 Å². The van der Waals surface area contributed by atoms with Gasteiger partial charge in [0.15, 0.2) is 0 Å². The molecule has 0 aromatic carbocycles. The van der Waals surface area contributed by atoms with Crippen molar-refractivity contribution in [2.45, 2.75) is 25.2 Å². The Hall–Kier alpha value is -1.40. The Balaban J connectivity index is 2.33. The zero-order valence-electron chi connectivity index (χ0n) is 9.09. The van der Waals surface area contributed by atoms with Gasteiger partial charge in [-0.1, -0.05) is 0 Å². The van der Waals surface area contributed by atoms with Crippen molar-refractivity contribution in [3.05, 3.63) is 28.2 Å². The number of ether oxygens (including phenoxy) is 1. The van der Waals surface area contributed by atoms with Crippen molar-refractivity contribution in [3.63, 3.8) is 0 Å². The maximum atomic E-state index is 11.8. The predicted octanol–water partition coefficient (Wildman–Crippen LogP) is -0.664. The molecule has 2 rings (SSSR count). The highest BCUT2D eigenvalue weighted by atomic mass is 16.5. The largest absolute Gasteiger partial charge is 0.394 e. The van der Waals surface area contributed by atoms with Crippen LogP contribution in [0.1, 0.15) is 19.1 Å². The molecule has 1 aliphatic rings. The second-order valence-electron chi connectivity index (χ2n) is 3.92. The van der Waals surface area contributed by atoms with E-state index in [9.17, 15) is 4.79 Å². The lowest BCUT2D eigenvalue weighted by molar-refractivity contribution is -0.0251. The van der Waals surface area contributed by atoms with Crippen LogP contribution in [0.15, 0.2) is 17.1 Å². The Labute approximate surface area is 92.2 Å². The molecule has 1 fully saturated rings. The molecule has 2 atom stereocenters. The molecule has 1 aromatic rings. The van der Waals surface area contributed by atoms with Crippen molar-refractivity contribution in [2.75, 3.05) is 6.61 Å². The van der Waals surface area contributed by atoms with Crippen molar-refractivity contribution >= 4 is 0 Å². The number of rotatable bonds is 2. The van der Waals surface area contributed by atoms with Gasteiger partial charge in [0.2, 0.25) is 0 Å². The summed E-state index contributed by atoms with van der Waals surface area (Å²) in [5, 5.41) is 16.4. The van der Waals surface area contributed by atoms with Crippen molar-refractivity contribution in [3.8, 4) is 0 Å². The minimum Gasteiger partial charge on any atom is -0.394 e. The number of aliphatic hydroxyl groups is 1. The molecule has 1 saturated heterocycles. The van der Waals surface area contributed by atoms with E-state index >= 15 is 0 Å². The third-order valence-corrected chi connectivity index (χ3v) is 2.86. The highest BCUT2D eigenvalue weighted by Gasteiger charge is 2.26. The first-order valence-electron chi connectivity index (χ1n) is 5.22. The smallest absolute Gasteiger partial charge is 0.331 e. The number of hydrogen-bond donors (Lipinski definition) is 2. The van der Waals surface area contributed by atoms with Crippen molar-refractivity contribution in [1.29, 1.82) is 5.41 Å². The van der Waals surface area contributed by atoms with Crippen molar-refractivity contribution < 1.29 is 9.84 Å². The van der Waals surface area contributed by atoms with Gasteiger partial charge in [0.25, 0.3) is 0 Å². The number of aromatic nitrogens is 2. The molecule has 2 N–H and O–H groups in total. The fraction of sp³-hybridized carbons (Fsp3) is 0.600. The Kier molecular flexibility index (Phi) is 2.93. The topological polar surface area (TPSA) is 80.2 Å². The fourth-order valence-corrected chi connectivity index (χ4v) is 1.85. The summed E-state index contributed by atoms with van der Waals surface area (Å²) >= 11 is 0. The maximum absolute atomic E-state index is 11.8. The third-order valence-electron chi connectivity index (χ3n) is 2.86. The highest BCUT2D eigenvalue weighted by molar-refractivity contribution is 4.86. The quantitative estimate of drug-likeness (QED) is 0.701. The van der Waals surface area contributed by atoms with E-state index in [4.69, 9.17) is 15.3 Å². The summed E-state index contributed by atoms with van der Waals surface area (Å²) in [6, 6.07) is 1.55.